The Morgan fingerprint density at radius 2 is 2.00 bits per heavy atom. The second kappa shape index (κ2) is 5.44. The molecule has 1 aromatic rings. The van der Waals surface area contributed by atoms with Crippen LogP contribution in [-0.4, -0.2) is 16.3 Å². The molecular formula is C11H11F3O2S. The highest BCUT2D eigenvalue weighted by atomic mass is 32.2. The maximum atomic E-state index is 12.6. The average Bonchev–Trinajstić information content (AvgIpc) is 2.15. The van der Waals surface area contributed by atoms with Gasteiger partial charge in [0.2, 0.25) is 0 Å². The monoisotopic (exact) mass is 264 g/mol. The van der Waals surface area contributed by atoms with Gasteiger partial charge in [-0.2, -0.15) is 13.2 Å². The fourth-order valence-electron chi connectivity index (χ4n) is 1.31. The summed E-state index contributed by atoms with van der Waals surface area (Å²) in [6.07, 6.45) is -4.58. The largest absolute Gasteiger partial charge is 0.481 e. The molecule has 0 amide bonds. The summed E-state index contributed by atoms with van der Waals surface area (Å²) in [4.78, 5) is 10.5. The number of hydrogen-bond donors (Lipinski definition) is 1. The summed E-state index contributed by atoms with van der Waals surface area (Å²) in [6.45, 7) is 1.59. The van der Waals surface area contributed by atoms with Gasteiger partial charge in [0.25, 0.3) is 0 Å². The Morgan fingerprint density at radius 3 is 2.53 bits per heavy atom. The van der Waals surface area contributed by atoms with Gasteiger partial charge in [-0.15, -0.1) is 11.8 Å². The van der Waals surface area contributed by atoms with Crippen molar-refractivity contribution < 1.29 is 23.1 Å². The number of rotatable bonds is 4. The molecule has 0 fully saturated rings. The zero-order chi connectivity index (χ0) is 13.1. The van der Waals surface area contributed by atoms with Crippen LogP contribution in [0.1, 0.15) is 18.9 Å². The number of hydrogen-bond acceptors (Lipinski definition) is 2. The lowest BCUT2D eigenvalue weighted by molar-refractivity contribution is -0.139. The molecule has 0 heterocycles. The smallest absolute Gasteiger partial charge is 0.417 e. The van der Waals surface area contributed by atoms with Gasteiger partial charge in [0.05, 0.1) is 12.0 Å². The van der Waals surface area contributed by atoms with Crippen molar-refractivity contribution in [2.45, 2.75) is 29.7 Å². The van der Waals surface area contributed by atoms with Crippen molar-refractivity contribution in [2.75, 3.05) is 0 Å². The summed E-state index contributed by atoms with van der Waals surface area (Å²) in [5.41, 5.74) is -0.720. The summed E-state index contributed by atoms with van der Waals surface area (Å²) < 4.78 is 37.9. The molecule has 0 bridgehead atoms. The van der Waals surface area contributed by atoms with E-state index in [1.54, 1.807) is 6.92 Å². The van der Waals surface area contributed by atoms with Gasteiger partial charge in [0.1, 0.15) is 0 Å². The third-order valence-corrected chi connectivity index (χ3v) is 3.16. The lowest BCUT2D eigenvalue weighted by Gasteiger charge is -2.14. The third-order valence-electron chi connectivity index (χ3n) is 1.98. The summed E-state index contributed by atoms with van der Waals surface area (Å²) in [5.74, 6) is -1.02. The Labute approximate surface area is 101 Å². The first-order valence-corrected chi connectivity index (χ1v) is 5.73. The Hall–Kier alpha value is -1.17. The second-order valence-corrected chi connectivity index (χ2v) is 5.00. The molecule has 2 nitrogen and oxygen atoms in total. The molecule has 0 aliphatic rings. The van der Waals surface area contributed by atoms with E-state index in [-0.39, 0.29) is 11.3 Å². The lowest BCUT2D eigenvalue weighted by Crippen LogP contribution is -2.09. The van der Waals surface area contributed by atoms with Crippen LogP contribution in [0, 0.1) is 0 Å². The topological polar surface area (TPSA) is 37.3 Å². The number of aliphatic carboxylic acids is 1. The molecule has 6 heteroatoms. The molecule has 1 rings (SSSR count). The summed E-state index contributed by atoms with van der Waals surface area (Å²) in [5, 5.41) is 8.15. The maximum Gasteiger partial charge on any atom is 0.417 e. The molecule has 0 radical (unpaired) electrons. The summed E-state index contributed by atoms with van der Waals surface area (Å²) >= 11 is 0.925. The van der Waals surface area contributed by atoms with E-state index in [1.165, 1.54) is 18.2 Å². The Bertz CT molecular complexity index is 404. The molecule has 1 atom stereocenters. The van der Waals surface area contributed by atoms with E-state index >= 15 is 0 Å². The fraction of sp³-hybridized carbons (Fsp3) is 0.364. The van der Waals surface area contributed by atoms with E-state index in [0.717, 1.165) is 17.8 Å². The van der Waals surface area contributed by atoms with Crippen LogP contribution in [0.15, 0.2) is 29.2 Å². The van der Waals surface area contributed by atoms with Crippen LogP contribution in [0.2, 0.25) is 0 Å². The second-order valence-electron chi connectivity index (χ2n) is 3.52. The Balaban J connectivity index is 2.87. The zero-order valence-electron chi connectivity index (χ0n) is 8.99. The number of carbonyl (C=O) groups is 1. The molecule has 1 aromatic carbocycles. The highest BCUT2D eigenvalue weighted by Crippen LogP contribution is 2.38. The lowest BCUT2D eigenvalue weighted by atomic mass is 10.2. The van der Waals surface area contributed by atoms with Crippen molar-refractivity contribution in [3.63, 3.8) is 0 Å². The molecule has 17 heavy (non-hydrogen) atoms. The summed E-state index contributed by atoms with van der Waals surface area (Å²) in [6, 6.07) is 5.17. The molecule has 0 saturated heterocycles. The fourth-order valence-corrected chi connectivity index (χ4v) is 2.44. The number of alkyl halides is 3. The van der Waals surface area contributed by atoms with E-state index in [4.69, 9.17) is 5.11 Å². The van der Waals surface area contributed by atoms with Crippen LogP contribution in [0.3, 0.4) is 0 Å². The number of benzene rings is 1. The number of carboxylic acid groups (broad SMARTS) is 1. The first-order valence-electron chi connectivity index (χ1n) is 4.85. The number of carboxylic acids is 1. The maximum absolute atomic E-state index is 12.6. The van der Waals surface area contributed by atoms with Gasteiger partial charge in [-0.05, 0) is 12.1 Å². The predicted molar refractivity (Wildman–Crippen MR) is 59.0 cm³/mol. The van der Waals surface area contributed by atoms with E-state index in [1.807, 2.05) is 0 Å². The molecule has 1 N–H and O–H groups in total. The van der Waals surface area contributed by atoms with Gasteiger partial charge in [-0.25, -0.2) is 0 Å². The number of halogens is 3. The minimum absolute atomic E-state index is 0.0637. The molecule has 0 aromatic heterocycles. The van der Waals surface area contributed by atoms with Crippen LogP contribution in [0.5, 0.6) is 0 Å². The standard InChI is InChI=1S/C11H11F3O2S/c1-7(6-10(15)16)17-9-5-3-2-4-8(9)11(12,13)14/h2-5,7H,6H2,1H3,(H,15,16). The van der Waals surface area contributed by atoms with Crippen molar-refractivity contribution in [1.82, 2.24) is 0 Å². The molecule has 0 aliphatic heterocycles. The Kier molecular flexibility index (Phi) is 4.45. The van der Waals surface area contributed by atoms with Gasteiger partial charge >= 0.3 is 12.1 Å². The first kappa shape index (κ1) is 13.9. The van der Waals surface area contributed by atoms with Gasteiger partial charge in [-0.3, -0.25) is 4.79 Å². The summed E-state index contributed by atoms with van der Waals surface area (Å²) in [7, 11) is 0. The van der Waals surface area contributed by atoms with Crippen LogP contribution in [0.4, 0.5) is 13.2 Å². The van der Waals surface area contributed by atoms with Crippen molar-refractivity contribution in [1.29, 1.82) is 0 Å². The molecule has 94 valence electrons. The van der Waals surface area contributed by atoms with Crippen LogP contribution in [-0.2, 0) is 11.0 Å². The molecule has 0 aliphatic carbocycles. The van der Waals surface area contributed by atoms with Gasteiger partial charge in [-0.1, -0.05) is 19.1 Å². The van der Waals surface area contributed by atoms with Crippen molar-refractivity contribution in [3.05, 3.63) is 29.8 Å². The highest BCUT2D eigenvalue weighted by Gasteiger charge is 2.33. The minimum atomic E-state index is -4.41. The first-order chi connectivity index (χ1) is 7.80. The number of thioether (sulfide) groups is 1. The average molecular weight is 264 g/mol. The quantitative estimate of drug-likeness (QED) is 0.843. The van der Waals surface area contributed by atoms with Gasteiger partial charge in [0, 0.05) is 10.1 Å². The molecule has 0 saturated carbocycles. The van der Waals surface area contributed by atoms with Crippen molar-refractivity contribution in [3.8, 4) is 0 Å². The normalized spacial score (nSPS) is 13.4. The highest BCUT2D eigenvalue weighted by molar-refractivity contribution is 8.00. The van der Waals surface area contributed by atoms with Crippen LogP contribution < -0.4 is 0 Å². The van der Waals surface area contributed by atoms with E-state index < -0.39 is 23.0 Å². The molecular weight excluding hydrogens is 253 g/mol. The van der Waals surface area contributed by atoms with E-state index in [2.05, 4.69) is 0 Å². The van der Waals surface area contributed by atoms with Crippen molar-refractivity contribution >= 4 is 17.7 Å². The van der Waals surface area contributed by atoms with Crippen molar-refractivity contribution in [2.24, 2.45) is 0 Å². The van der Waals surface area contributed by atoms with Gasteiger partial charge in [0.15, 0.2) is 0 Å². The van der Waals surface area contributed by atoms with E-state index in [9.17, 15) is 18.0 Å². The zero-order valence-corrected chi connectivity index (χ0v) is 9.81. The SMILES string of the molecule is CC(CC(=O)O)Sc1ccccc1C(F)(F)F. The van der Waals surface area contributed by atoms with Gasteiger partial charge < -0.3 is 5.11 Å². The Morgan fingerprint density at radius 1 is 1.41 bits per heavy atom. The van der Waals surface area contributed by atoms with Crippen LogP contribution >= 0.6 is 11.8 Å². The molecule has 1 unspecified atom stereocenters. The molecule has 0 spiro atoms. The minimum Gasteiger partial charge on any atom is -0.481 e. The third kappa shape index (κ3) is 4.30. The van der Waals surface area contributed by atoms with E-state index in [0.29, 0.717) is 0 Å². The predicted octanol–water partition coefficient (Wildman–Crippen LogP) is 3.66. The van der Waals surface area contributed by atoms with Crippen LogP contribution in [0.25, 0.3) is 0 Å².